The number of nitrogens with zero attached hydrogens (tertiary/aromatic N) is 2. The van der Waals surface area contributed by atoms with Crippen LogP contribution in [0.2, 0.25) is 5.02 Å². The second-order valence-electron chi connectivity index (χ2n) is 6.29. The first kappa shape index (κ1) is 17.6. The maximum Gasteiger partial charge on any atom is 0.227 e. The molecule has 0 aromatic heterocycles. The summed E-state index contributed by atoms with van der Waals surface area (Å²) in [5.41, 5.74) is 3.26. The Bertz CT molecular complexity index is 755. The van der Waals surface area contributed by atoms with E-state index in [2.05, 4.69) is 4.90 Å². The number of hydrogen-bond acceptors (Lipinski definition) is 3. The van der Waals surface area contributed by atoms with Crippen LogP contribution in [0, 0.1) is 6.92 Å². The molecule has 0 spiro atoms. The largest absolute Gasteiger partial charge is 0.495 e. The molecule has 0 bridgehead atoms. The molecule has 4 nitrogen and oxygen atoms in total. The molecule has 1 saturated heterocycles. The van der Waals surface area contributed by atoms with Crippen molar-refractivity contribution in [1.29, 1.82) is 0 Å². The second kappa shape index (κ2) is 7.79. The molecule has 1 amide bonds. The highest BCUT2D eigenvalue weighted by Crippen LogP contribution is 2.31. The molecule has 2 aromatic rings. The van der Waals surface area contributed by atoms with Gasteiger partial charge in [-0.15, -0.1) is 0 Å². The van der Waals surface area contributed by atoms with Gasteiger partial charge in [-0.25, -0.2) is 0 Å². The van der Waals surface area contributed by atoms with E-state index < -0.39 is 0 Å². The molecule has 0 unspecified atom stereocenters. The zero-order chi connectivity index (χ0) is 17.8. The van der Waals surface area contributed by atoms with Gasteiger partial charge in [-0.1, -0.05) is 35.9 Å². The molecule has 25 heavy (non-hydrogen) atoms. The Hall–Kier alpha value is -2.20. The molecule has 0 N–H and O–H groups in total. The van der Waals surface area contributed by atoms with Gasteiger partial charge in [0.25, 0.3) is 0 Å². The molecule has 132 valence electrons. The average molecular weight is 359 g/mol. The summed E-state index contributed by atoms with van der Waals surface area (Å²) in [6.45, 7) is 5.01. The molecule has 1 aliphatic heterocycles. The van der Waals surface area contributed by atoms with Gasteiger partial charge in [0.05, 0.1) is 19.2 Å². The predicted octanol–water partition coefficient (Wildman–Crippen LogP) is 3.55. The normalized spacial score (nSPS) is 14.5. The van der Waals surface area contributed by atoms with E-state index in [0.29, 0.717) is 24.5 Å². The highest BCUT2D eigenvalue weighted by Gasteiger charge is 2.23. The lowest BCUT2D eigenvalue weighted by molar-refractivity contribution is -0.130. The molecule has 3 rings (SSSR count). The number of hydrogen-bond donors (Lipinski definition) is 0. The fourth-order valence-corrected chi connectivity index (χ4v) is 3.36. The summed E-state index contributed by atoms with van der Waals surface area (Å²) < 4.78 is 5.44. The summed E-state index contributed by atoms with van der Waals surface area (Å²) in [6, 6.07) is 13.7. The third kappa shape index (κ3) is 4.07. The summed E-state index contributed by atoms with van der Waals surface area (Å²) in [5.74, 6) is 0.996. The van der Waals surface area contributed by atoms with Gasteiger partial charge >= 0.3 is 0 Å². The summed E-state index contributed by atoms with van der Waals surface area (Å²) in [5, 5.41) is 0.689. The van der Waals surface area contributed by atoms with Crippen molar-refractivity contribution in [1.82, 2.24) is 4.90 Å². The molecule has 1 heterocycles. The number of amides is 1. The van der Waals surface area contributed by atoms with Gasteiger partial charge in [-0.2, -0.15) is 0 Å². The topological polar surface area (TPSA) is 32.8 Å². The highest BCUT2D eigenvalue weighted by molar-refractivity contribution is 6.30. The maximum absolute atomic E-state index is 12.6. The molecule has 2 aromatic carbocycles. The number of rotatable bonds is 4. The van der Waals surface area contributed by atoms with Gasteiger partial charge in [0, 0.05) is 31.2 Å². The van der Waals surface area contributed by atoms with Crippen LogP contribution in [0.3, 0.4) is 0 Å². The van der Waals surface area contributed by atoms with Crippen molar-refractivity contribution >= 4 is 23.2 Å². The number of carbonyl (C=O) groups is 1. The lowest BCUT2D eigenvalue weighted by Crippen LogP contribution is -2.49. The van der Waals surface area contributed by atoms with E-state index >= 15 is 0 Å². The number of ether oxygens (including phenoxy) is 1. The first-order valence-electron chi connectivity index (χ1n) is 8.49. The molecule has 5 heteroatoms. The molecular weight excluding hydrogens is 336 g/mol. The van der Waals surface area contributed by atoms with Crippen molar-refractivity contribution in [2.45, 2.75) is 13.3 Å². The quantitative estimate of drug-likeness (QED) is 0.838. The number of methoxy groups -OCH3 is 1. The van der Waals surface area contributed by atoms with Crippen LogP contribution in [0.25, 0.3) is 0 Å². The summed E-state index contributed by atoms with van der Waals surface area (Å²) >= 11 is 6.13. The summed E-state index contributed by atoms with van der Waals surface area (Å²) in [4.78, 5) is 16.8. The number of aryl methyl sites for hydroxylation is 1. The number of benzene rings is 2. The molecule has 0 radical (unpaired) electrons. The van der Waals surface area contributed by atoms with Crippen molar-refractivity contribution < 1.29 is 9.53 Å². The molecular formula is C20H23ClN2O2. The van der Waals surface area contributed by atoms with Crippen LogP contribution in [0.1, 0.15) is 11.1 Å². The van der Waals surface area contributed by atoms with Crippen LogP contribution in [-0.4, -0.2) is 44.1 Å². The Morgan fingerprint density at radius 1 is 1.12 bits per heavy atom. The monoisotopic (exact) mass is 358 g/mol. The number of halogens is 1. The Morgan fingerprint density at radius 2 is 1.84 bits per heavy atom. The molecule has 0 aliphatic carbocycles. The fraction of sp³-hybridized carbons (Fsp3) is 0.350. The van der Waals surface area contributed by atoms with E-state index in [1.165, 1.54) is 0 Å². The Labute approximate surface area is 154 Å². The highest BCUT2D eigenvalue weighted by atomic mass is 35.5. The van der Waals surface area contributed by atoms with Crippen molar-refractivity contribution in [3.63, 3.8) is 0 Å². The number of piperazine rings is 1. The average Bonchev–Trinajstić information content (AvgIpc) is 2.63. The minimum atomic E-state index is 0.187. The fourth-order valence-electron chi connectivity index (χ4n) is 3.19. The minimum Gasteiger partial charge on any atom is -0.495 e. The van der Waals surface area contributed by atoms with Crippen LogP contribution < -0.4 is 9.64 Å². The standard InChI is InChI=1S/C20H23ClN2O2/c1-15-5-3-4-6-16(15)13-20(24)23-11-9-22(10-12-23)18-14-17(21)7-8-19(18)25-2/h3-8,14H,9-13H2,1-2H3. The molecule has 1 fully saturated rings. The van der Waals surface area contributed by atoms with Gasteiger partial charge in [0.15, 0.2) is 0 Å². The predicted molar refractivity (Wildman–Crippen MR) is 102 cm³/mol. The minimum absolute atomic E-state index is 0.187. The summed E-state index contributed by atoms with van der Waals surface area (Å²) in [7, 11) is 1.66. The van der Waals surface area contributed by atoms with Crippen LogP contribution in [-0.2, 0) is 11.2 Å². The first-order chi connectivity index (χ1) is 12.1. The van der Waals surface area contributed by atoms with E-state index in [4.69, 9.17) is 16.3 Å². The Balaban J connectivity index is 1.63. The van der Waals surface area contributed by atoms with Crippen molar-refractivity contribution in [2.75, 3.05) is 38.2 Å². The van der Waals surface area contributed by atoms with E-state index in [1.54, 1.807) is 7.11 Å². The van der Waals surface area contributed by atoms with Crippen molar-refractivity contribution in [3.05, 3.63) is 58.6 Å². The van der Waals surface area contributed by atoms with E-state index in [9.17, 15) is 4.79 Å². The Kier molecular flexibility index (Phi) is 5.49. The van der Waals surface area contributed by atoms with Crippen LogP contribution in [0.15, 0.2) is 42.5 Å². The van der Waals surface area contributed by atoms with Gasteiger partial charge in [-0.3, -0.25) is 4.79 Å². The number of anilines is 1. The SMILES string of the molecule is COc1ccc(Cl)cc1N1CCN(C(=O)Cc2ccccc2C)CC1. The maximum atomic E-state index is 12.6. The van der Waals surface area contributed by atoms with Crippen LogP contribution >= 0.6 is 11.6 Å². The smallest absolute Gasteiger partial charge is 0.227 e. The van der Waals surface area contributed by atoms with Crippen molar-refractivity contribution in [3.8, 4) is 5.75 Å². The van der Waals surface area contributed by atoms with Crippen molar-refractivity contribution in [2.24, 2.45) is 0 Å². The summed E-state index contributed by atoms with van der Waals surface area (Å²) in [6.07, 6.45) is 0.465. The lowest BCUT2D eigenvalue weighted by atomic mass is 10.1. The molecule has 0 saturated carbocycles. The van der Waals surface area contributed by atoms with Crippen LogP contribution in [0.4, 0.5) is 5.69 Å². The van der Waals surface area contributed by atoms with E-state index in [1.807, 2.05) is 54.3 Å². The lowest BCUT2D eigenvalue weighted by Gasteiger charge is -2.36. The van der Waals surface area contributed by atoms with E-state index in [-0.39, 0.29) is 5.91 Å². The Morgan fingerprint density at radius 3 is 2.52 bits per heavy atom. The number of carbonyl (C=O) groups excluding carboxylic acids is 1. The van der Waals surface area contributed by atoms with Gasteiger partial charge < -0.3 is 14.5 Å². The second-order valence-corrected chi connectivity index (χ2v) is 6.72. The van der Waals surface area contributed by atoms with Gasteiger partial charge in [-0.05, 0) is 36.2 Å². The zero-order valence-electron chi connectivity index (χ0n) is 14.7. The third-order valence-corrected chi connectivity index (χ3v) is 4.95. The van der Waals surface area contributed by atoms with Crippen LogP contribution in [0.5, 0.6) is 5.75 Å². The molecule has 1 aliphatic rings. The van der Waals surface area contributed by atoms with Gasteiger partial charge in [0.2, 0.25) is 5.91 Å². The zero-order valence-corrected chi connectivity index (χ0v) is 15.4. The van der Waals surface area contributed by atoms with E-state index in [0.717, 1.165) is 35.7 Å². The third-order valence-electron chi connectivity index (χ3n) is 4.72. The van der Waals surface area contributed by atoms with Gasteiger partial charge in [0.1, 0.15) is 5.75 Å². The molecule has 0 atom stereocenters. The first-order valence-corrected chi connectivity index (χ1v) is 8.87.